The fourth-order valence-electron chi connectivity index (χ4n) is 2.65. The van der Waals surface area contributed by atoms with Crippen LogP contribution in [-0.4, -0.2) is 12.6 Å². The Bertz CT molecular complexity index is 606. The molecular weight excluding hydrogens is 234 g/mol. The van der Waals surface area contributed by atoms with Crippen molar-refractivity contribution in [3.63, 3.8) is 0 Å². The van der Waals surface area contributed by atoms with Crippen LogP contribution in [0.3, 0.4) is 0 Å². The number of hydrogen-bond donors (Lipinski definition) is 0. The number of para-hydroxylation sites is 2. The monoisotopic (exact) mass is 253 g/mol. The molecule has 0 spiro atoms. The first kappa shape index (κ1) is 12.1. The highest BCUT2D eigenvalue weighted by atomic mass is 16.5. The molecule has 1 aliphatic rings. The van der Waals surface area contributed by atoms with Crippen molar-refractivity contribution in [1.29, 1.82) is 0 Å². The fraction of sp³-hybridized carbons (Fsp3) is 0.294. The highest BCUT2D eigenvalue weighted by molar-refractivity contribution is 5.73. The molecule has 1 atom stereocenters. The molecule has 98 valence electrons. The third-order valence-electron chi connectivity index (χ3n) is 3.79. The third kappa shape index (κ3) is 2.07. The second kappa shape index (κ2) is 4.61. The molecule has 2 nitrogen and oxygen atoms in total. The molecule has 1 unspecified atom stereocenters. The maximum atomic E-state index is 5.91. The topological polar surface area (TPSA) is 12.5 Å². The smallest absolute Gasteiger partial charge is 0.143 e. The molecular formula is C17H19NO. The zero-order valence-electron chi connectivity index (χ0n) is 11.7. The van der Waals surface area contributed by atoms with Crippen molar-refractivity contribution in [1.82, 2.24) is 0 Å². The van der Waals surface area contributed by atoms with Gasteiger partial charge < -0.3 is 9.64 Å². The molecule has 0 aromatic heterocycles. The van der Waals surface area contributed by atoms with Crippen LogP contribution in [0.1, 0.15) is 18.1 Å². The minimum Gasteiger partial charge on any atom is -0.487 e. The van der Waals surface area contributed by atoms with E-state index in [-0.39, 0.29) is 6.10 Å². The number of fused-ring (bicyclic) bond motifs is 1. The summed E-state index contributed by atoms with van der Waals surface area (Å²) in [5.74, 6) is 0.974. The van der Waals surface area contributed by atoms with Gasteiger partial charge in [0.2, 0.25) is 0 Å². The van der Waals surface area contributed by atoms with Gasteiger partial charge in [-0.15, -0.1) is 0 Å². The second-order valence-electron chi connectivity index (χ2n) is 5.23. The molecule has 1 aliphatic heterocycles. The van der Waals surface area contributed by atoms with E-state index < -0.39 is 0 Å². The highest BCUT2D eigenvalue weighted by Crippen LogP contribution is 2.39. The Morgan fingerprint density at radius 1 is 1.00 bits per heavy atom. The van der Waals surface area contributed by atoms with E-state index in [2.05, 4.69) is 56.0 Å². The van der Waals surface area contributed by atoms with Crippen molar-refractivity contribution in [2.45, 2.75) is 26.9 Å². The zero-order valence-corrected chi connectivity index (χ0v) is 11.7. The molecule has 0 N–H and O–H groups in total. The average Bonchev–Trinajstić information content (AvgIpc) is 2.41. The molecule has 0 saturated heterocycles. The SMILES string of the molecule is Cc1cccc(N2CC(C)Oc3ccccc32)c1C. The summed E-state index contributed by atoms with van der Waals surface area (Å²) in [6.45, 7) is 7.36. The molecule has 0 radical (unpaired) electrons. The van der Waals surface area contributed by atoms with Gasteiger partial charge in [-0.3, -0.25) is 0 Å². The normalized spacial score (nSPS) is 17.8. The van der Waals surface area contributed by atoms with E-state index in [1.54, 1.807) is 0 Å². The summed E-state index contributed by atoms with van der Waals surface area (Å²) in [6, 6.07) is 14.7. The summed E-state index contributed by atoms with van der Waals surface area (Å²) in [5.41, 5.74) is 5.11. The fourth-order valence-corrected chi connectivity index (χ4v) is 2.65. The van der Waals surface area contributed by atoms with E-state index in [1.165, 1.54) is 16.8 Å². The lowest BCUT2D eigenvalue weighted by Gasteiger charge is -2.36. The predicted molar refractivity (Wildman–Crippen MR) is 79.5 cm³/mol. The van der Waals surface area contributed by atoms with E-state index in [0.717, 1.165) is 18.0 Å². The quantitative estimate of drug-likeness (QED) is 0.754. The van der Waals surface area contributed by atoms with Crippen molar-refractivity contribution in [2.24, 2.45) is 0 Å². The number of rotatable bonds is 1. The first-order valence-corrected chi connectivity index (χ1v) is 6.76. The molecule has 0 amide bonds. The van der Waals surface area contributed by atoms with Gasteiger partial charge >= 0.3 is 0 Å². The van der Waals surface area contributed by atoms with E-state index in [4.69, 9.17) is 4.74 Å². The minimum absolute atomic E-state index is 0.204. The Labute approximate surface area is 114 Å². The largest absolute Gasteiger partial charge is 0.487 e. The van der Waals surface area contributed by atoms with E-state index in [9.17, 15) is 0 Å². The molecule has 2 aromatic rings. The van der Waals surface area contributed by atoms with Crippen molar-refractivity contribution in [2.75, 3.05) is 11.4 Å². The summed E-state index contributed by atoms with van der Waals surface area (Å²) >= 11 is 0. The van der Waals surface area contributed by atoms with Crippen molar-refractivity contribution in [3.8, 4) is 5.75 Å². The second-order valence-corrected chi connectivity index (χ2v) is 5.23. The Morgan fingerprint density at radius 2 is 1.74 bits per heavy atom. The van der Waals surface area contributed by atoms with Crippen molar-refractivity contribution in [3.05, 3.63) is 53.6 Å². The van der Waals surface area contributed by atoms with E-state index >= 15 is 0 Å². The van der Waals surface area contributed by atoms with Crippen LogP contribution in [0.25, 0.3) is 0 Å². The van der Waals surface area contributed by atoms with Crippen molar-refractivity contribution >= 4 is 11.4 Å². The molecule has 0 aliphatic carbocycles. The number of ether oxygens (including phenoxy) is 1. The number of anilines is 2. The third-order valence-corrected chi connectivity index (χ3v) is 3.79. The van der Waals surface area contributed by atoms with Crippen molar-refractivity contribution < 1.29 is 4.74 Å². The molecule has 2 aromatic carbocycles. The summed E-state index contributed by atoms with van der Waals surface area (Å²) in [6.07, 6.45) is 0.204. The lowest BCUT2D eigenvalue weighted by molar-refractivity contribution is 0.217. The predicted octanol–water partition coefficient (Wildman–Crippen LogP) is 4.22. The molecule has 0 bridgehead atoms. The average molecular weight is 253 g/mol. The number of nitrogens with zero attached hydrogens (tertiary/aromatic N) is 1. The molecule has 3 rings (SSSR count). The Balaban J connectivity index is 2.13. The van der Waals surface area contributed by atoms with Crippen LogP contribution in [-0.2, 0) is 0 Å². The Hall–Kier alpha value is -1.96. The van der Waals surface area contributed by atoms with E-state index in [1.807, 2.05) is 12.1 Å². The lowest BCUT2D eigenvalue weighted by atomic mass is 10.1. The molecule has 2 heteroatoms. The summed E-state index contributed by atoms with van der Waals surface area (Å²) in [7, 11) is 0. The standard InChI is InChI=1S/C17H19NO/c1-12-7-6-9-15(14(12)3)18-11-13(2)19-17-10-5-4-8-16(17)18/h4-10,13H,11H2,1-3H3. The van der Waals surface area contributed by atoms with Gasteiger partial charge in [-0.1, -0.05) is 24.3 Å². The first-order valence-electron chi connectivity index (χ1n) is 6.76. The molecule has 0 saturated carbocycles. The molecule has 0 fully saturated rings. The summed E-state index contributed by atoms with van der Waals surface area (Å²) in [5, 5.41) is 0. The van der Waals surface area contributed by atoms with Gasteiger partial charge in [0.15, 0.2) is 0 Å². The van der Waals surface area contributed by atoms with Gasteiger partial charge in [-0.25, -0.2) is 0 Å². The van der Waals surface area contributed by atoms with Crippen LogP contribution < -0.4 is 9.64 Å². The number of aryl methyl sites for hydroxylation is 1. The van der Waals surface area contributed by atoms with Crippen LogP contribution in [0, 0.1) is 13.8 Å². The summed E-state index contributed by atoms with van der Waals surface area (Å²) in [4.78, 5) is 2.37. The van der Waals surface area contributed by atoms with Crippen LogP contribution in [0.2, 0.25) is 0 Å². The maximum absolute atomic E-state index is 5.91. The zero-order chi connectivity index (χ0) is 13.4. The van der Waals surface area contributed by atoms with Gasteiger partial charge in [-0.2, -0.15) is 0 Å². The number of benzene rings is 2. The first-order chi connectivity index (χ1) is 9.16. The molecule has 1 heterocycles. The van der Waals surface area contributed by atoms with Crippen LogP contribution in [0.15, 0.2) is 42.5 Å². The van der Waals surface area contributed by atoms with Gasteiger partial charge in [0.25, 0.3) is 0 Å². The van der Waals surface area contributed by atoms with Gasteiger partial charge in [0.05, 0.1) is 12.2 Å². The maximum Gasteiger partial charge on any atom is 0.143 e. The van der Waals surface area contributed by atoms with Crippen LogP contribution >= 0.6 is 0 Å². The lowest BCUT2D eigenvalue weighted by Crippen LogP contribution is -2.35. The molecule has 19 heavy (non-hydrogen) atoms. The Morgan fingerprint density at radius 3 is 2.58 bits per heavy atom. The Kier molecular flexibility index (Phi) is 2.94. The van der Waals surface area contributed by atoms with E-state index in [0.29, 0.717) is 0 Å². The highest BCUT2D eigenvalue weighted by Gasteiger charge is 2.24. The van der Waals surface area contributed by atoms with Gasteiger partial charge in [0, 0.05) is 5.69 Å². The van der Waals surface area contributed by atoms with Gasteiger partial charge in [0.1, 0.15) is 11.9 Å². The summed E-state index contributed by atoms with van der Waals surface area (Å²) < 4.78 is 5.91. The van der Waals surface area contributed by atoms with Crippen LogP contribution in [0.4, 0.5) is 11.4 Å². The minimum atomic E-state index is 0.204. The van der Waals surface area contributed by atoms with Gasteiger partial charge in [-0.05, 0) is 50.1 Å². The van der Waals surface area contributed by atoms with Crippen LogP contribution in [0.5, 0.6) is 5.75 Å². The number of hydrogen-bond acceptors (Lipinski definition) is 2.